The van der Waals surface area contributed by atoms with Crippen LogP contribution in [0.1, 0.15) is 43.6 Å². The number of amides is 1. The summed E-state index contributed by atoms with van der Waals surface area (Å²) in [5.74, 6) is 1.08. The fourth-order valence-electron chi connectivity index (χ4n) is 3.81. The molecule has 0 bridgehead atoms. The van der Waals surface area contributed by atoms with Gasteiger partial charge in [-0.2, -0.15) is 0 Å². The molecule has 0 saturated carbocycles. The van der Waals surface area contributed by atoms with Crippen molar-refractivity contribution in [3.05, 3.63) is 48.2 Å². The van der Waals surface area contributed by atoms with Gasteiger partial charge in [0.25, 0.3) is 0 Å². The highest BCUT2D eigenvalue weighted by Crippen LogP contribution is 2.30. The summed E-state index contributed by atoms with van der Waals surface area (Å²) in [4.78, 5) is 18.3. The van der Waals surface area contributed by atoms with Crippen LogP contribution in [0.4, 0.5) is 0 Å². The van der Waals surface area contributed by atoms with Gasteiger partial charge in [0.2, 0.25) is 5.91 Å². The summed E-state index contributed by atoms with van der Waals surface area (Å²) in [5, 5.41) is 9.48. The molecule has 2 aromatic heterocycles. The second-order valence-electron chi connectivity index (χ2n) is 6.61. The number of hydrogen-bond donors (Lipinski definition) is 1. The highest BCUT2D eigenvalue weighted by Gasteiger charge is 2.31. The lowest BCUT2D eigenvalue weighted by Crippen LogP contribution is -2.40. The van der Waals surface area contributed by atoms with Gasteiger partial charge in [-0.3, -0.25) is 4.79 Å². The number of aromatic amines is 1. The molecule has 1 saturated heterocycles. The number of likely N-dealkylation sites (tertiary alicyclic amines) is 1. The van der Waals surface area contributed by atoms with Crippen molar-refractivity contribution in [1.82, 2.24) is 24.6 Å². The Morgan fingerprint density at radius 3 is 3.08 bits per heavy atom. The third-order valence-electron chi connectivity index (χ3n) is 5.12. The average Bonchev–Trinajstić information content (AvgIpc) is 3.29. The van der Waals surface area contributed by atoms with Gasteiger partial charge >= 0.3 is 0 Å². The van der Waals surface area contributed by atoms with Crippen LogP contribution in [-0.4, -0.2) is 37.1 Å². The molecule has 25 heavy (non-hydrogen) atoms. The maximum atomic E-state index is 13.1. The molecule has 3 aromatic rings. The molecule has 1 N–H and O–H groups in total. The molecule has 1 aliphatic heterocycles. The molecule has 6 heteroatoms. The number of para-hydroxylation sites is 1. The Hall–Kier alpha value is -2.63. The van der Waals surface area contributed by atoms with Crippen LogP contribution in [-0.2, 0) is 17.8 Å². The molecule has 1 atom stereocenters. The van der Waals surface area contributed by atoms with Crippen molar-refractivity contribution in [1.29, 1.82) is 0 Å². The molecule has 4 rings (SSSR count). The van der Waals surface area contributed by atoms with Gasteiger partial charge in [0, 0.05) is 30.2 Å². The van der Waals surface area contributed by atoms with Crippen molar-refractivity contribution >= 4 is 16.8 Å². The Morgan fingerprint density at radius 2 is 2.20 bits per heavy atom. The first-order chi connectivity index (χ1) is 12.3. The van der Waals surface area contributed by atoms with E-state index in [1.165, 1.54) is 0 Å². The number of carbonyl (C=O) groups is 1. The Balaban J connectivity index is 1.59. The second kappa shape index (κ2) is 6.70. The minimum absolute atomic E-state index is 0.0360. The van der Waals surface area contributed by atoms with Gasteiger partial charge in [-0.15, -0.1) is 10.2 Å². The fraction of sp³-hybridized carbons (Fsp3) is 0.421. The predicted octanol–water partition coefficient (Wildman–Crippen LogP) is 3.08. The molecule has 3 heterocycles. The number of nitrogens with one attached hydrogen (secondary N) is 1. The first kappa shape index (κ1) is 15.9. The van der Waals surface area contributed by atoms with Gasteiger partial charge in [-0.25, -0.2) is 0 Å². The largest absolute Gasteiger partial charge is 0.361 e. The lowest BCUT2D eigenvalue weighted by molar-refractivity contribution is -0.134. The Morgan fingerprint density at radius 1 is 1.32 bits per heavy atom. The van der Waals surface area contributed by atoms with Crippen LogP contribution in [0.2, 0.25) is 0 Å². The number of benzene rings is 1. The summed E-state index contributed by atoms with van der Waals surface area (Å²) >= 11 is 0. The van der Waals surface area contributed by atoms with Crippen molar-refractivity contribution in [3.8, 4) is 0 Å². The van der Waals surface area contributed by atoms with Crippen LogP contribution in [0, 0.1) is 0 Å². The van der Waals surface area contributed by atoms with Gasteiger partial charge in [-0.05, 0) is 37.8 Å². The Bertz CT molecular complexity index is 881. The van der Waals surface area contributed by atoms with Crippen LogP contribution < -0.4 is 0 Å². The van der Waals surface area contributed by atoms with Crippen LogP contribution in [0.15, 0.2) is 36.8 Å². The van der Waals surface area contributed by atoms with Crippen LogP contribution in [0.25, 0.3) is 10.9 Å². The third-order valence-corrected chi connectivity index (χ3v) is 5.12. The number of aromatic nitrogens is 4. The van der Waals surface area contributed by atoms with E-state index in [2.05, 4.69) is 28.2 Å². The number of piperidine rings is 1. The van der Waals surface area contributed by atoms with E-state index in [-0.39, 0.29) is 11.9 Å². The summed E-state index contributed by atoms with van der Waals surface area (Å²) in [6.45, 7) is 3.69. The standard InChI is InChI=1S/C19H23N5O/c1-2-23-13-21-22-19(23)17-9-5-6-10-24(17)18(25)11-14-12-20-16-8-4-3-7-15(14)16/h3-4,7-8,12-13,17,20H,2,5-6,9-11H2,1H3/t17-/m0/s1. The third kappa shape index (κ3) is 2.92. The molecule has 0 radical (unpaired) electrons. The van der Waals surface area contributed by atoms with Gasteiger partial charge in [0.15, 0.2) is 5.82 Å². The molecule has 1 amide bonds. The summed E-state index contributed by atoms with van der Waals surface area (Å²) in [6, 6.07) is 8.15. The number of H-pyrrole nitrogens is 1. The lowest BCUT2D eigenvalue weighted by atomic mass is 10.00. The highest BCUT2D eigenvalue weighted by atomic mass is 16.2. The molecule has 1 aromatic carbocycles. The molecular formula is C19H23N5O. The molecular weight excluding hydrogens is 314 g/mol. The van der Waals surface area contributed by atoms with E-state index in [0.717, 1.165) is 54.6 Å². The van der Waals surface area contributed by atoms with Crippen molar-refractivity contribution in [2.24, 2.45) is 0 Å². The van der Waals surface area contributed by atoms with E-state index >= 15 is 0 Å². The summed E-state index contributed by atoms with van der Waals surface area (Å²) in [6.07, 6.45) is 7.26. The molecule has 0 aliphatic carbocycles. The van der Waals surface area contributed by atoms with E-state index < -0.39 is 0 Å². The fourth-order valence-corrected chi connectivity index (χ4v) is 3.81. The quantitative estimate of drug-likeness (QED) is 0.795. The van der Waals surface area contributed by atoms with Gasteiger partial charge < -0.3 is 14.5 Å². The number of rotatable bonds is 4. The minimum atomic E-state index is 0.0360. The molecule has 0 unspecified atom stereocenters. The first-order valence-electron chi connectivity index (χ1n) is 9.00. The molecule has 0 spiro atoms. The van der Waals surface area contributed by atoms with E-state index in [1.54, 1.807) is 6.33 Å². The van der Waals surface area contributed by atoms with E-state index in [9.17, 15) is 4.79 Å². The van der Waals surface area contributed by atoms with Crippen LogP contribution in [0.5, 0.6) is 0 Å². The number of hydrogen-bond acceptors (Lipinski definition) is 3. The summed E-state index contributed by atoms with van der Waals surface area (Å²) in [7, 11) is 0. The number of nitrogens with zero attached hydrogens (tertiary/aromatic N) is 4. The van der Waals surface area contributed by atoms with Gasteiger partial charge in [0.05, 0.1) is 12.5 Å². The SMILES string of the molecule is CCn1cnnc1[C@@H]1CCCCN1C(=O)Cc1c[nH]c2ccccc12. The molecule has 1 aliphatic rings. The van der Waals surface area contributed by atoms with Gasteiger partial charge in [0.1, 0.15) is 6.33 Å². The maximum Gasteiger partial charge on any atom is 0.227 e. The topological polar surface area (TPSA) is 66.8 Å². The molecule has 1 fully saturated rings. The Labute approximate surface area is 146 Å². The minimum Gasteiger partial charge on any atom is -0.361 e. The zero-order valence-corrected chi connectivity index (χ0v) is 14.5. The normalized spacial score (nSPS) is 18.0. The van der Waals surface area contributed by atoms with Crippen LogP contribution in [0.3, 0.4) is 0 Å². The van der Waals surface area contributed by atoms with Crippen molar-refractivity contribution in [2.75, 3.05) is 6.54 Å². The number of fused-ring (bicyclic) bond motifs is 1. The second-order valence-corrected chi connectivity index (χ2v) is 6.61. The summed E-state index contributed by atoms with van der Waals surface area (Å²) in [5.41, 5.74) is 2.13. The highest BCUT2D eigenvalue weighted by molar-refractivity contribution is 5.89. The van der Waals surface area contributed by atoms with Crippen molar-refractivity contribution < 1.29 is 4.79 Å². The maximum absolute atomic E-state index is 13.1. The first-order valence-corrected chi connectivity index (χ1v) is 9.00. The zero-order valence-electron chi connectivity index (χ0n) is 14.5. The predicted molar refractivity (Wildman–Crippen MR) is 96.0 cm³/mol. The van der Waals surface area contributed by atoms with Gasteiger partial charge in [-0.1, -0.05) is 18.2 Å². The number of aryl methyl sites for hydroxylation is 1. The average molecular weight is 337 g/mol. The number of carbonyl (C=O) groups excluding carboxylic acids is 1. The van der Waals surface area contributed by atoms with Crippen molar-refractivity contribution in [3.63, 3.8) is 0 Å². The Kier molecular flexibility index (Phi) is 4.26. The van der Waals surface area contributed by atoms with Crippen LogP contribution >= 0.6 is 0 Å². The molecule has 6 nitrogen and oxygen atoms in total. The zero-order chi connectivity index (χ0) is 17.2. The molecule has 130 valence electrons. The van der Waals surface area contributed by atoms with E-state index in [1.807, 2.05) is 33.9 Å². The smallest absolute Gasteiger partial charge is 0.227 e. The van der Waals surface area contributed by atoms with E-state index in [4.69, 9.17) is 0 Å². The van der Waals surface area contributed by atoms with Crippen molar-refractivity contribution in [2.45, 2.75) is 45.2 Å². The lowest BCUT2D eigenvalue weighted by Gasteiger charge is -2.35. The monoisotopic (exact) mass is 337 g/mol. The summed E-state index contributed by atoms with van der Waals surface area (Å²) < 4.78 is 2.04. The van der Waals surface area contributed by atoms with E-state index in [0.29, 0.717) is 6.42 Å².